The summed E-state index contributed by atoms with van der Waals surface area (Å²) in [7, 11) is -16.4. The van der Waals surface area contributed by atoms with Crippen molar-refractivity contribution in [1.29, 1.82) is 0 Å². The van der Waals surface area contributed by atoms with E-state index in [1.54, 1.807) is 24.0 Å². The molecule has 4 aliphatic heterocycles. The predicted octanol–water partition coefficient (Wildman–Crippen LogP) is 15.3. The van der Waals surface area contributed by atoms with Crippen molar-refractivity contribution in [3.63, 3.8) is 0 Å². The maximum Gasteiger partial charge on any atom is 0.104 e. The van der Waals surface area contributed by atoms with E-state index in [1.807, 2.05) is 0 Å². The van der Waals surface area contributed by atoms with Crippen molar-refractivity contribution in [1.82, 2.24) is 0 Å². The van der Waals surface area contributed by atoms with Crippen LogP contribution in [0.5, 0.6) is 0 Å². The van der Waals surface area contributed by atoms with Gasteiger partial charge in [-0.05, 0) is 39.4 Å². The maximum absolute atomic E-state index is 3.22. The molecule has 2 spiro atoms. The zero-order chi connectivity index (χ0) is 40.4. The van der Waals surface area contributed by atoms with Gasteiger partial charge in [0.05, 0.1) is 8.07 Å². The molecule has 0 radical (unpaired) electrons. The van der Waals surface area contributed by atoms with Crippen LogP contribution < -0.4 is 0 Å². The number of allylic oxidation sites excluding steroid dienone is 6. The zero-order valence-electron chi connectivity index (χ0n) is 39.4. The Kier molecular flexibility index (Phi) is 10.1. The summed E-state index contributed by atoms with van der Waals surface area (Å²) in [4.78, 5) is 0. The summed E-state index contributed by atoms with van der Waals surface area (Å²) in [5.41, 5.74) is 11.5. The van der Waals surface area contributed by atoms with Gasteiger partial charge in [0.25, 0.3) is 0 Å². The Morgan fingerprint density at radius 2 is 0.712 bits per heavy atom. The normalized spacial score (nSPS) is 29.1. The van der Waals surface area contributed by atoms with Crippen LogP contribution in [0, 0.1) is 0 Å². The molecule has 0 N–H and O–H groups in total. The fraction of sp³-hybridized carbons (Fsp3) is 0.810. The van der Waals surface area contributed by atoms with E-state index in [-0.39, 0.29) is 0 Å². The molecule has 0 unspecified atom stereocenters. The van der Waals surface area contributed by atoms with Gasteiger partial charge in [0.1, 0.15) is 8.07 Å². The minimum absolute atomic E-state index is 0.586. The molecule has 0 aromatic carbocycles. The molecule has 0 saturated carbocycles. The second-order valence-corrected chi connectivity index (χ2v) is 85.0. The summed E-state index contributed by atoms with van der Waals surface area (Å²) in [6.07, 6.45) is 18.1. The molecule has 5 rings (SSSR count). The van der Waals surface area contributed by atoms with Crippen molar-refractivity contribution >= 4 is 80.7 Å². The minimum Gasteiger partial charge on any atom is -0.0897 e. The Morgan fingerprint density at radius 3 is 1.02 bits per heavy atom. The summed E-state index contributed by atoms with van der Waals surface area (Å²) in [6, 6.07) is 0. The molecule has 1 aliphatic carbocycles. The molecule has 2 atom stereocenters. The van der Waals surface area contributed by atoms with E-state index in [0.717, 1.165) is 11.1 Å². The van der Waals surface area contributed by atoms with Crippen molar-refractivity contribution in [2.45, 2.75) is 211 Å². The second kappa shape index (κ2) is 11.9. The van der Waals surface area contributed by atoms with E-state index < -0.39 is 80.7 Å². The molecular formula is C42H88Si10. The highest BCUT2D eigenvalue weighted by Gasteiger charge is 2.90. The average Bonchev–Trinajstić information content (AvgIpc) is 3.19. The molecule has 0 aromatic rings. The van der Waals surface area contributed by atoms with E-state index >= 15 is 0 Å². The molecule has 52 heavy (non-hydrogen) atoms. The number of hydrogen-bond donors (Lipinski definition) is 0. The van der Waals surface area contributed by atoms with Gasteiger partial charge in [0.15, 0.2) is 0 Å². The van der Waals surface area contributed by atoms with Crippen LogP contribution in [0.2, 0.25) is 185 Å². The molecule has 10 heteroatoms. The van der Waals surface area contributed by atoms with Crippen molar-refractivity contribution in [2.75, 3.05) is 0 Å². The zero-order valence-corrected chi connectivity index (χ0v) is 49.4. The van der Waals surface area contributed by atoms with Gasteiger partial charge in [-0.2, -0.15) is 0 Å². The summed E-state index contributed by atoms with van der Waals surface area (Å²) in [6.45, 7) is 68.3. The summed E-state index contributed by atoms with van der Waals surface area (Å²) >= 11 is 0. The van der Waals surface area contributed by atoms with Crippen molar-refractivity contribution in [3.05, 3.63) is 46.8 Å². The molecule has 0 amide bonds. The van der Waals surface area contributed by atoms with E-state index in [9.17, 15) is 0 Å². The standard InChI is InChI=1S/C42H88Si10/c1-43(2,3)39(44(4,5)6)28-29-40(45(7,8)9,46(10,11)12)51(39)32-27-35-33-38-37(26-25-36(35)34-51)52(38)41(47(13,14)15,48(16,17)18)30-31-42(52,49(19,20)21)50(22,23)24/h25-27,32-34,37-38H,28-31H2,1-24H3/t37-,38+/m0/s1. The average molecular weight is 874 g/mol. The van der Waals surface area contributed by atoms with E-state index in [1.165, 1.54) is 12.8 Å². The minimum atomic E-state index is -2.12. The lowest BCUT2D eigenvalue weighted by molar-refractivity contribution is 0.763. The Balaban J connectivity index is 1.88. The van der Waals surface area contributed by atoms with Crippen molar-refractivity contribution in [2.24, 2.45) is 0 Å². The van der Waals surface area contributed by atoms with Crippen LogP contribution in [-0.2, 0) is 0 Å². The van der Waals surface area contributed by atoms with Gasteiger partial charge in [-0.3, -0.25) is 0 Å². The van der Waals surface area contributed by atoms with Crippen LogP contribution in [0.25, 0.3) is 0 Å². The largest absolute Gasteiger partial charge is 0.104 e. The molecule has 3 fully saturated rings. The van der Waals surface area contributed by atoms with Gasteiger partial charge in [0.2, 0.25) is 0 Å². The SMILES string of the molecule is C[Si](C)(C)C1([Si](C)(C)C)CCC([Si](C)(C)C)([Si](C)(C)C)[Si]12C=CC1=C[C@@H]3[C@H](C=CC1=C2)[Si]31C([Si](C)(C)C)([Si](C)(C)C)CCC1([Si](C)(C)C)[Si](C)(C)C. The van der Waals surface area contributed by atoms with Gasteiger partial charge in [-0.15, -0.1) is 0 Å². The third-order valence-electron chi connectivity index (χ3n) is 18.2. The third kappa shape index (κ3) is 4.95. The van der Waals surface area contributed by atoms with E-state index in [4.69, 9.17) is 0 Å². The van der Waals surface area contributed by atoms with Gasteiger partial charge < -0.3 is 0 Å². The first-order chi connectivity index (χ1) is 22.8. The predicted molar refractivity (Wildman–Crippen MR) is 269 cm³/mol. The fourth-order valence-corrected chi connectivity index (χ4v) is 126. The van der Waals surface area contributed by atoms with E-state index in [0.29, 0.717) is 17.1 Å². The Bertz CT molecular complexity index is 1450. The van der Waals surface area contributed by atoms with Crippen LogP contribution >= 0.6 is 0 Å². The highest BCUT2D eigenvalue weighted by atomic mass is 28.5. The molecule has 3 saturated heterocycles. The number of hydrogen-bond acceptors (Lipinski definition) is 0. The van der Waals surface area contributed by atoms with Crippen LogP contribution in [0.3, 0.4) is 0 Å². The van der Waals surface area contributed by atoms with Crippen LogP contribution in [-0.4, -0.2) is 80.7 Å². The molecule has 0 bridgehead atoms. The molecule has 296 valence electrons. The van der Waals surface area contributed by atoms with Crippen molar-refractivity contribution in [3.8, 4) is 0 Å². The number of fused-ring (bicyclic) bond motifs is 4. The summed E-state index contributed by atoms with van der Waals surface area (Å²) in [5, 5.41) is 0. The highest BCUT2D eigenvalue weighted by Crippen LogP contribution is 2.91. The third-order valence-corrected chi connectivity index (χ3v) is 97.5. The number of rotatable bonds is 8. The molecule has 5 aliphatic rings. The summed E-state index contributed by atoms with van der Waals surface area (Å²) in [5.74, 6) is 0. The highest BCUT2D eigenvalue weighted by molar-refractivity contribution is 7.32. The van der Waals surface area contributed by atoms with Gasteiger partial charge >= 0.3 is 0 Å². The van der Waals surface area contributed by atoms with Crippen LogP contribution in [0.1, 0.15) is 25.7 Å². The molecule has 0 nitrogen and oxygen atoms in total. The van der Waals surface area contributed by atoms with Gasteiger partial charge in [-0.25, -0.2) is 0 Å². The first-order valence-electron chi connectivity index (χ1n) is 21.6. The maximum atomic E-state index is 3.22. The van der Waals surface area contributed by atoms with Gasteiger partial charge in [-0.1, -0.05) is 219 Å². The Labute approximate surface area is 336 Å². The van der Waals surface area contributed by atoms with E-state index in [2.05, 4.69) is 193 Å². The fourth-order valence-electron chi connectivity index (χ4n) is 18.8. The smallest absolute Gasteiger partial charge is 0.0897 e. The molecule has 0 aromatic heterocycles. The Hall–Kier alpha value is 1.13. The van der Waals surface area contributed by atoms with Crippen LogP contribution in [0.4, 0.5) is 0 Å². The lowest BCUT2D eigenvalue weighted by Gasteiger charge is -2.66. The first kappa shape index (κ1) is 44.2. The lowest BCUT2D eigenvalue weighted by atomic mass is 10.1. The van der Waals surface area contributed by atoms with Crippen LogP contribution in [0.15, 0.2) is 46.8 Å². The van der Waals surface area contributed by atoms with Gasteiger partial charge in [0, 0.05) is 64.6 Å². The second-order valence-electron chi connectivity index (χ2n) is 27.3. The topological polar surface area (TPSA) is 0 Å². The molecule has 4 heterocycles. The van der Waals surface area contributed by atoms with Crippen molar-refractivity contribution < 1.29 is 0 Å². The lowest BCUT2D eigenvalue weighted by Crippen LogP contribution is -2.75. The first-order valence-corrected chi connectivity index (χ1v) is 53.9. The quantitative estimate of drug-likeness (QED) is 0.213. The monoisotopic (exact) mass is 872 g/mol. The Morgan fingerprint density at radius 1 is 0.404 bits per heavy atom. The summed E-state index contributed by atoms with van der Waals surface area (Å²) < 4.78 is 2.56. The molecular weight excluding hydrogens is 785 g/mol.